The summed E-state index contributed by atoms with van der Waals surface area (Å²) in [6, 6.07) is 1.58. The molecule has 0 bridgehead atoms. The quantitative estimate of drug-likeness (QED) is 0.839. The molecule has 17 heavy (non-hydrogen) atoms. The minimum Gasteiger partial charge on any atom is -0.360 e. The zero-order chi connectivity index (χ0) is 12.9. The summed E-state index contributed by atoms with van der Waals surface area (Å²) in [6.45, 7) is 1.56. The van der Waals surface area contributed by atoms with Crippen molar-refractivity contribution in [2.24, 2.45) is 5.73 Å². The molecule has 7 heteroatoms. The van der Waals surface area contributed by atoms with Gasteiger partial charge in [0.1, 0.15) is 0 Å². The van der Waals surface area contributed by atoms with Gasteiger partial charge in [0, 0.05) is 12.6 Å². The summed E-state index contributed by atoms with van der Waals surface area (Å²) in [7, 11) is 0. The van der Waals surface area contributed by atoms with Gasteiger partial charge < -0.3 is 10.3 Å². The predicted octanol–water partition coefficient (Wildman–Crippen LogP) is 1.91. The van der Waals surface area contributed by atoms with Crippen molar-refractivity contribution in [3.63, 3.8) is 0 Å². The maximum Gasteiger partial charge on any atom is 0.401 e. The Hall–Kier alpha value is -1.08. The average molecular weight is 251 g/mol. The molecule has 0 radical (unpaired) electrons. The number of nitrogens with two attached hydrogens (primary N) is 1. The van der Waals surface area contributed by atoms with E-state index < -0.39 is 12.7 Å². The molecule has 0 aromatic carbocycles. The van der Waals surface area contributed by atoms with E-state index in [2.05, 4.69) is 5.16 Å². The summed E-state index contributed by atoms with van der Waals surface area (Å²) in [5.41, 5.74) is 5.88. The van der Waals surface area contributed by atoms with Crippen molar-refractivity contribution in [3.05, 3.63) is 17.5 Å². The number of rotatable bonds is 6. The van der Waals surface area contributed by atoms with Crippen molar-refractivity contribution >= 4 is 0 Å². The minimum absolute atomic E-state index is 0.0976. The van der Waals surface area contributed by atoms with E-state index in [4.69, 9.17) is 10.3 Å². The summed E-state index contributed by atoms with van der Waals surface area (Å²) in [5.74, 6) is 0.406. The second-order valence-electron chi connectivity index (χ2n) is 3.81. The van der Waals surface area contributed by atoms with Crippen molar-refractivity contribution < 1.29 is 17.7 Å². The Morgan fingerprint density at radius 1 is 1.47 bits per heavy atom. The van der Waals surface area contributed by atoms with Crippen LogP contribution >= 0.6 is 0 Å². The fraction of sp³-hybridized carbons (Fsp3) is 0.700. The van der Waals surface area contributed by atoms with Gasteiger partial charge in [0.15, 0.2) is 5.76 Å². The van der Waals surface area contributed by atoms with Gasteiger partial charge in [0.05, 0.1) is 18.8 Å². The number of nitrogens with zero attached hydrogens (tertiary/aromatic N) is 2. The normalized spacial score (nSPS) is 12.4. The first-order chi connectivity index (χ1) is 7.94. The third kappa shape index (κ3) is 5.18. The summed E-state index contributed by atoms with van der Waals surface area (Å²) in [5, 5.41) is 3.64. The van der Waals surface area contributed by atoms with Crippen LogP contribution in [0, 0.1) is 0 Å². The van der Waals surface area contributed by atoms with Crippen molar-refractivity contribution in [2.45, 2.75) is 32.6 Å². The Labute approximate surface area is 97.5 Å². The molecule has 0 aliphatic carbocycles. The molecule has 0 atom stereocenters. The van der Waals surface area contributed by atoms with Gasteiger partial charge in [-0.15, -0.1) is 0 Å². The van der Waals surface area contributed by atoms with E-state index >= 15 is 0 Å². The molecule has 0 spiro atoms. The maximum absolute atomic E-state index is 12.3. The lowest BCUT2D eigenvalue weighted by molar-refractivity contribution is -0.147. The molecule has 1 aromatic heterocycles. The predicted molar refractivity (Wildman–Crippen MR) is 56.0 cm³/mol. The Morgan fingerprint density at radius 2 is 2.18 bits per heavy atom. The molecule has 0 amide bonds. The van der Waals surface area contributed by atoms with Crippen LogP contribution in [-0.2, 0) is 13.1 Å². The largest absolute Gasteiger partial charge is 0.401 e. The first-order valence-electron chi connectivity index (χ1n) is 5.38. The second-order valence-corrected chi connectivity index (χ2v) is 3.81. The molecule has 98 valence electrons. The Bertz CT molecular complexity index is 338. The van der Waals surface area contributed by atoms with Gasteiger partial charge in [-0.2, -0.15) is 13.2 Å². The number of halogens is 3. The fourth-order valence-corrected chi connectivity index (χ4v) is 1.53. The van der Waals surface area contributed by atoms with Crippen LogP contribution in [0.2, 0.25) is 0 Å². The summed E-state index contributed by atoms with van der Waals surface area (Å²) in [4.78, 5) is 1.28. The van der Waals surface area contributed by atoms with Gasteiger partial charge in [-0.1, -0.05) is 12.1 Å². The Balaban J connectivity index is 2.59. The van der Waals surface area contributed by atoms with Gasteiger partial charge in [-0.3, -0.25) is 4.90 Å². The topological polar surface area (TPSA) is 55.3 Å². The molecule has 4 nitrogen and oxygen atoms in total. The lowest BCUT2D eigenvalue weighted by Gasteiger charge is -2.21. The van der Waals surface area contributed by atoms with E-state index in [1.165, 1.54) is 4.90 Å². The molecule has 1 heterocycles. The van der Waals surface area contributed by atoms with Gasteiger partial charge >= 0.3 is 6.18 Å². The zero-order valence-electron chi connectivity index (χ0n) is 9.63. The highest BCUT2D eigenvalue weighted by Crippen LogP contribution is 2.18. The van der Waals surface area contributed by atoms with Gasteiger partial charge in [-0.05, 0) is 13.0 Å². The highest BCUT2D eigenvalue weighted by molar-refractivity contribution is 5.04. The fourth-order valence-electron chi connectivity index (χ4n) is 1.53. The molecule has 0 aliphatic heterocycles. The summed E-state index contributed by atoms with van der Waals surface area (Å²) in [6.07, 6.45) is -3.56. The third-order valence-electron chi connectivity index (χ3n) is 2.14. The molecule has 1 rings (SSSR count). The number of aromatic nitrogens is 1. The second kappa shape index (κ2) is 6.02. The summed E-state index contributed by atoms with van der Waals surface area (Å²) >= 11 is 0. The zero-order valence-corrected chi connectivity index (χ0v) is 9.63. The smallest absolute Gasteiger partial charge is 0.360 e. The van der Waals surface area contributed by atoms with E-state index in [1.807, 2.05) is 6.92 Å². The van der Waals surface area contributed by atoms with Crippen LogP contribution in [0.15, 0.2) is 10.6 Å². The molecule has 0 saturated heterocycles. The highest BCUT2D eigenvalue weighted by atomic mass is 19.4. The van der Waals surface area contributed by atoms with Crippen LogP contribution in [0.1, 0.15) is 24.8 Å². The lowest BCUT2D eigenvalue weighted by Crippen LogP contribution is -2.34. The van der Waals surface area contributed by atoms with E-state index in [1.54, 1.807) is 6.07 Å². The van der Waals surface area contributed by atoms with Crippen molar-refractivity contribution in [2.75, 3.05) is 13.1 Å². The van der Waals surface area contributed by atoms with Crippen molar-refractivity contribution in [1.82, 2.24) is 10.1 Å². The minimum atomic E-state index is -4.20. The van der Waals surface area contributed by atoms with Crippen LogP contribution in [0.25, 0.3) is 0 Å². The number of hydrogen-bond acceptors (Lipinski definition) is 4. The monoisotopic (exact) mass is 251 g/mol. The molecule has 0 unspecified atom stereocenters. The Morgan fingerprint density at radius 3 is 2.65 bits per heavy atom. The van der Waals surface area contributed by atoms with Crippen LogP contribution in [0.5, 0.6) is 0 Å². The van der Waals surface area contributed by atoms with Crippen LogP contribution in [0.4, 0.5) is 13.2 Å². The van der Waals surface area contributed by atoms with Crippen molar-refractivity contribution in [3.8, 4) is 0 Å². The standard InChI is InChI=1S/C10H16F3N3O/c1-2-3-16(7-10(11,12)13)6-9-4-8(5-14)15-17-9/h4H,2-3,5-7,14H2,1H3. The molecule has 0 saturated carbocycles. The first-order valence-corrected chi connectivity index (χ1v) is 5.38. The Kier molecular flexibility index (Phi) is 4.95. The van der Waals surface area contributed by atoms with Crippen molar-refractivity contribution in [1.29, 1.82) is 0 Å². The van der Waals surface area contributed by atoms with E-state index in [9.17, 15) is 13.2 Å². The van der Waals surface area contributed by atoms with E-state index in [0.717, 1.165) is 0 Å². The molecule has 0 aliphatic rings. The third-order valence-corrected chi connectivity index (χ3v) is 2.14. The molecular formula is C10H16F3N3O. The van der Waals surface area contributed by atoms with Crippen LogP contribution in [0.3, 0.4) is 0 Å². The van der Waals surface area contributed by atoms with E-state index in [-0.39, 0.29) is 13.1 Å². The SMILES string of the molecule is CCCN(Cc1cc(CN)no1)CC(F)(F)F. The molecule has 0 fully saturated rings. The first kappa shape index (κ1) is 14.0. The van der Waals surface area contributed by atoms with Gasteiger partial charge in [-0.25, -0.2) is 0 Å². The van der Waals surface area contributed by atoms with Crippen LogP contribution < -0.4 is 5.73 Å². The van der Waals surface area contributed by atoms with E-state index in [0.29, 0.717) is 24.4 Å². The number of alkyl halides is 3. The van der Waals surface area contributed by atoms with Gasteiger partial charge in [0.25, 0.3) is 0 Å². The summed E-state index contributed by atoms with van der Waals surface area (Å²) < 4.78 is 41.8. The molecular weight excluding hydrogens is 235 g/mol. The highest BCUT2D eigenvalue weighted by Gasteiger charge is 2.30. The van der Waals surface area contributed by atoms with Crippen LogP contribution in [-0.4, -0.2) is 29.3 Å². The molecule has 2 N–H and O–H groups in total. The average Bonchev–Trinajstić information content (AvgIpc) is 2.63. The lowest BCUT2D eigenvalue weighted by atomic mass is 10.3. The number of hydrogen-bond donors (Lipinski definition) is 1. The molecule has 1 aromatic rings. The maximum atomic E-state index is 12.3. The van der Waals surface area contributed by atoms with Gasteiger partial charge in [0.2, 0.25) is 0 Å².